The molecule has 0 aromatic carbocycles. The van der Waals surface area contributed by atoms with Gasteiger partial charge in [-0.25, -0.2) is 0 Å². The van der Waals surface area contributed by atoms with Gasteiger partial charge < -0.3 is 10.1 Å². The van der Waals surface area contributed by atoms with E-state index >= 15 is 0 Å². The maximum absolute atomic E-state index is 5.63. The molecule has 0 aromatic rings. The number of ether oxygens (including phenoxy) is 1. The van der Waals surface area contributed by atoms with Crippen LogP contribution >= 0.6 is 0 Å². The van der Waals surface area contributed by atoms with Crippen molar-refractivity contribution in [1.29, 1.82) is 0 Å². The summed E-state index contributed by atoms with van der Waals surface area (Å²) >= 11 is 0. The third kappa shape index (κ3) is 4.98. The molecule has 0 radical (unpaired) electrons. The molecule has 0 fully saturated rings. The monoisotopic (exact) mass is 215 g/mol. The largest absolute Gasteiger partial charge is 0.380 e. The number of methoxy groups -OCH3 is 1. The van der Waals surface area contributed by atoms with E-state index in [1.165, 1.54) is 12.8 Å². The summed E-state index contributed by atoms with van der Waals surface area (Å²) in [5, 5.41) is 3.63. The van der Waals surface area contributed by atoms with Gasteiger partial charge in [0.15, 0.2) is 0 Å². The summed E-state index contributed by atoms with van der Waals surface area (Å²) in [5.74, 6) is 1.24. The van der Waals surface area contributed by atoms with Crippen molar-refractivity contribution in [3.05, 3.63) is 0 Å². The number of hydrogen-bond acceptors (Lipinski definition) is 2. The quantitative estimate of drug-likeness (QED) is 0.672. The van der Waals surface area contributed by atoms with Gasteiger partial charge >= 0.3 is 0 Å². The van der Waals surface area contributed by atoms with Crippen LogP contribution in [-0.2, 0) is 4.74 Å². The first-order valence-corrected chi connectivity index (χ1v) is 6.34. The average Bonchev–Trinajstić information content (AvgIpc) is 2.22. The fourth-order valence-electron chi connectivity index (χ4n) is 2.04. The summed E-state index contributed by atoms with van der Waals surface area (Å²) in [4.78, 5) is 0. The van der Waals surface area contributed by atoms with Gasteiger partial charge in [0.2, 0.25) is 0 Å². The van der Waals surface area contributed by atoms with Crippen molar-refractivity contribution in [3.63, 3.8) is 0 Å². The highest BCUT2D eigenvalue weighted by molar-refractivity contribution is 4.83. The Morgan fingerprint density at radius 3 is 2.07 bits per heavy atom. The molecule has 0 amide bonds. The Morgan fingerprint density at radius 1 is 1.13 bits per heavy atom. The Hall–Kier alpha value is -0.0800. The van der Waals surface area contributed by atoms with Crippen molar-refractivity contribution in [2.45, 2.75) is 59.6 Å². The molecule has 2 nitrogen and oxygen atoms in total. The number of nitrogens with one attached hydrogen (secondary N) is 1. The predicted octanol–water partition coefficient (Wildman–Crippen LogP) is 3.07. The molecule has 2 heteroatoms. The molecule has 1 N–H and O–H groups in total. The van der Waals surface area contributed by atoms with Gasteiger partial charge in [0.05, 0.1) is 6.10 Å². The van der Waals surface area contributed by atoms with Crippen LogP contribution in [0.3, 0.4) is 0 Å². The molecule has 0 aliphatic rings. The fourth-order valence-corrected chi connectivity index (χ4v) is 2.04. The molecule has 0 bridgehead atoms. The van der Waals surface area contributed by atoms with Crippen molar-refractivity contribution < 1.29 is 4.74 Å². The van der Waals surface area contributed by atoms with Crippen molar-refractivity contribution in [2.24, 2.45) is 11.8 Å². The van der Waals surface area contributed by atoms with E-state index < -0.39 is 0 Å². The van der Waals surface area contributed by atoms with Crippen molar-refractivity contribution >= 4 is 0 Å². The smallest absolute Gasteiger partial charge is 0.0749 e. The molecular weight excluding hydrogens is 186 g/mol. The van der Waals surface area contributed by atoms with Gasteiger partial charge in [-0.2, -0.15) is 0 Å². The highest BCUT2D eigenvalue weighted by atomic mass is 16.5. The fraction of sp³-hybridized carbons (Fsp3) is 1.00. The summed E-state index contributed by atoms with van der Waals surface area (Å²) in [6.07, 6.45) is 2.71. The van der Waals surface area contributed by atoms with Crippen molar-refractivity contribution in [3.8, 4) is 0 Å². The molecule has 0 saturated carbocycles. The van der Waals surface area contributed by atoms with Crippen LogP contribution in [0, 0.1) is 11.8 Å². The standard InChI is InChI=1S/C13H29NO/c1-7-9-14-12(11(5)8-2)13(15-6)10(3)4/h10-14H,7-9H2,1-6H3. The van der Waals surface area contributed by atoms with Crippen molar-refractivity contribution in [1.82, 2.24) is 5.32 Å². The molecule has 0 aliphatic carbocycles. The minimum Gasteiger partial charge on any atom is -0.380 e. The first kappa shape index (κ1) is 14.9. The molecule has 0 heterocycles. The second-order valence-corrected chi connectivity index (χ2v) is 4.81. The van der Waals surface area contributed by atoms with Gasteiger partial charge in [0.1, 0.15) is 0 Å². The van der Waals surface area contributed by atoms with E-state index in [1.54, 1.807) is 0 Å². The second kappa shape index (κ2) is 8.12. The van der Waals surface area contributed by atoms with Crippen LogP contribution in [0.25, 0.3) is 0 Å². The van der Waals surface area contributed by atoms with E-state index in [0.717, 1.165) is 6.54 Å². The van der Waals surface area contributed by atoms with Gasteiger partial charge in [-0.3, -0.25) is 0 Å². The summed E-state index contributed by atoms with van der Waals surface area (Å²) in [7, 11) is 1.83. The summed E-state index contributed by atoms with van der Waals surface area (Å²) in [6.45, 7) is 12.3. The number of rotatable bonds is 8. The Balaban J connectivity index is 4.42. The normalized spacial score (nSPS) is 17.8. The molecule has 0 rings (SSSR count). The van der Waals surface area contributed by atoms with Crippen LogP contribution in [-0.4, -0.2) is 25.8 Å². The topological polar surface area (TPSA) is 21.3 Å². The van der Waals surface area contributed by atoms with E-state index in [0.29, 0.717) is 24.0 Å². The molecule has 3 unspecified atom stereocenters. The maximum Gasteiger partial charge on any atom is 0.0749 e. The lowest BCUT2D eigenvalue weighted by atomic mass is 9.88. The first-order chi connectivity index (χ1) is 7.08. The lowest BCUT2D eigenvalue weighted by molar-refractivity contribution is 0.0166. The molecule has 0 spiro atoms. The minimum absolute atomic E-state index is 0.325. The zero-order valence-electron chi connectivity index (χ0n) is 11.3. The van der Waals surface area contributed by atoms with E-state index in [1.807, 2.05) is 7.11 Å². The lowest BCUT2D eigenvalue weighted by Crippen LogP contribution is -2.48. The van der Waals surface area contributed by atoms with Gasteiger partial charge in [0.25, 0.3) is 0 Å². The van der Waals surface area contributed by atoms with Crippen LogP contribution in [0.15, 0.2) is 0 Å². The predicted molar refractivity (Wildman–Crippen MR) is 67.2 cm³/mol. The summed E-state index contributed by atoms with van der Waals surface area (Å²) in [5.41, 5.74) is 0. The molecular formula is C13H29NO. The Labute approximate surface area is 95.8 Å². The van der Waals surface area contributed by atoms with Crippen LogP contribution < -0.4 is 5.32 Å². The Kier molecular flexibility index (Phi) is 8.07. The van der Waals surface area contributed by atoms with E-state index in [4.69, 9.17) is 4.74 Å². The van der Waals surface area contributed by atoms with Crippen LogP contribution in [0.5, 0.6) is 0 Å². The SMILES string of the molecule is CCCNC(C(C)CC)C(OC)C(C)C. The molecule has 0 aliphatic heterocycles. The van der Waals surface area contributed by atoms with E-state index in [9.17, 15) is 0 Å². The zero-order chi connectivity index (χ0) is 11.8. The van der Waals surface area contributed by atoms with Gasteiger partial charge in [-0.1, -0.05) is 41.0 Å². The number of hydrogen-bond donors (Lipinski definition) is 1. The van der Waals surface area contributed by atoms with Crippen molar-refractivity contribution in [2.75, 3.05) is 13.7 Å². The maximum atomic E-state index is 5.63. The molecule has 92 valence electrons. The summed E-state index contributed by atoms with van der Waals surface area (Å²) in [6, 6.07) is 0.486. The molecule has 0 saturated heterocycles. The molecule has 0 aromatic heterocycles. The highest BCUT2D eigenvalue weighted by Gasteiger charge is 2.27. The molecule has 15 heavy (non-hydrogen) atoms. The second-order valence-electron chi connectivity index (χ2n) is 4.81. The van der Waals surface area contributed by atoms with Gasteiger partial charge in [-0.15, -0.1) is 0 Å². The van der Waals surface area contributed by atoms with E-state index in [-0.39, 0.29) is 0 Å². The first-order valence-electron chi connectivity index (χ1n) is 6.34. The van der Waals surface area contributed by atoms with Crippen LogP contribution in [0.4, 0.5) is 0 Å². The molecule has 3 atom stereocenters. The Bertz CT molecular complexity index is 147. The third-order valence-electron chi connectivity index (χ3n) is 3.17. The third-order valence-corrected chi connectivity index (χ3v) is 3.17. The summed E-state index contributed by atoms with van der Waals surface area (Å²) < 4.78 is 5.63. The highest BCUT2D eigenvalue weighted by Crippen LogP contribution is 2.19. The minimum atomic E-state index is 0.325. The Morgan fingerprint density at radius 2 is 1.73 bits per heavy atom. The van der Waals surface area contributed by atoms with Crippen LogP contribution in [0.1, 0.15) is 47.5 Å². The van der Waals surface area contributed by atoms with Gasteiger partial charge in [0, 0.05) is 13.2 Å². The lowest BCUT2D eigenvalue weighted by Gasteiger charge is -2.34. The average molecular weight is 215 g/mol. The van der Waals surface area contributed by atoms with E-state index in [2.05, 4.69) is 39.9 Å². The van der Waals surface area contributed by atoms with Crippen LogP contribution in [0.2, 0.25) is 0 Å². The zero-order valence-corrected chi connectivity index (χ0v) is 11.3. The van der Waals surface area contributed by atoms with Gasteiger partial charge in [-0.05, 0) is 24.8 Å².